The average molecular weight is 368 g/mol. The molecule has 0 bridgehead atoms. The third kappa shape index (κ3) is 4.02. The summed E-state index contributed by atoms with van der Waals surface area (Å²) in [6.07, 6.45) is 1.82. The molecule has 1 heterocycles. The summed E-state index contributed by atoms with van der Waals surface area (Å²) >= 11 is 0. The zero-order valence-electron chi connectivity index (χ0n) is 15.0. The Hall–Kier alpha value is -2.70. The number of piperidine rings is 1. The van der Waals surface area contributed by atoms with Crippen molar-refractivity contribution in [2.24, 2.45) is 5.92 Å². The average Bonchev–Trinajstić information content (AvgIpc) is 2.73. The first kappa shape index (κ1) is 19.1. The molecule has 0 aromatic heterocycles. The molecule has 142 valence electrons. The Morgan fingerprint density at radius 3 is 2.26 bits per heavy atom. The molecular formula is C21H24N2O4. The lowest BCUT2D eigenvalue weighted by atomic mass is 9.94. The lowest BCUT2D eigenvalue weighted by Crippen LogP contribution is -2.57. The molecule has 0 unspecified atom stereocenters. The second-order valence-corrected chi connectivity index (χ2v) is 6.84. The topological polar surface area (TPSA) is 89.9 Å². The first-order chi connectivity index (χ1) is 13.0. The van der Waals surface area contributed by atoms with Crippen molar-refractivity contribution in [1.82, 2.24) is 10.2 Å². The molecule has 1 saturated heterocycles. The van der Waals surface area contributed by atoms with Gasteiger partial charge >= 0.3 is 5.97 Å². The van der Waals surface area contributed by atoms with Gasteiger partial charge in [-0.25, -0.2) is 4.79 Å². The zero-order chi connectivity index (χ0) is 19.3. The van der Waals surface area contributed by atoms with Crippen LogP contribution in [-0.2, 0) is 10.5 Å². The summed E-state index contributed by atoms with van der Waals surface area (Å²) in [6.45, 7) is 1.74. The minimum Gasteiger partial charge on any atom is -0.477 e. The summed E-state index contributed by atoms with van der Waals surface area (Å²) in [5, 5.41) is 24.5. The second kappa shape index (κ2) is 8.33. The van der Waals surface area contributed by atoms with Gasteiger partial charge in [-0.15, -0.1) is 0 Å². The highest BCUT2D eigenvalue weighted by molar-refractivity contribution is 5.97. The number of nitrogens with zero attached hydrogens (tertiary/aromatic N) is 1. The molecule has 0 radical (unpaired) electrons. The van der Waals surface area contributed by atoms with E-state index in [1.54, 1.807) is 48.5 Å². The summed E-state index contributed by atoms with van der Waals surface area (Å²) in [5.41, 5.74) is -1.94. The maximum Gasteiger partial charge on any atom is 0.362 e. The van der Waals surface area contributed by atoms with Crippen LogP contribution in [0, 0.1) is 5.92 Å². The minimum atomic E-state index is -2.44. The van der Waals surface area contributed by atoms with Crippen molar-refractivity contribution in [3.63, 3.8) is 0 Å². The molecule has 3 N–H and O–H groups in total. The maximum absolute atomic E-state index is 13.2. The van der Waals surface area contributed by atoms with Crippen molar-refractivity contribution in [1.29, 1.82) is 0 Å². The van der Waals surface area contributed by atoms with E-state index < -0.39 is 17.6 Å². The number of carbonyl (C=O) groups excluding carboxylic acids is 1. The van der Waals surface area contributed by atoms with Gasteiger partial charge in [0.2, 0.25) is 0 Å². The number of hydrogen-bond acceptors (Lipinski definition) is 4. The van der Waals surface area contributed by atoms with E-state index in [0.29, 0.717) is 12.1 Å². The van der Waals surface area contributed by atoms with E-state index in [4.69, 9.17) is 0 Å². The van der Waals surface area contributed by atoms with Crippen molar-refractivity contribution >= 4 is 11.9 Å². The maximum atomic E-state index is 13.2. The third-order valence-electron chi connectivity index (χ3n) is 4.97. The number of amides is 1. The smallest absolute Gasteiger partial charge is 0.362 e. The molecule has 0 aliphatic carbocycles. The predicted octanol–water partition coefficient (Wildman–Crippen LogP) is 2.06. The Bertz CT molecular complexity index is 775. The third-order valence-corrected chi connectivity index (χ3v) is 4.97. The summed E-state index contributed by atoms with van der Waals surface area (Å²) in [6, 6.07) is 16.6. The normalized spacial score (nSPS) is 19.1. The highest BCUT2D eigenvalue weighted by atomic mass is 16.4. The van der Waals surface area contributed by atoms with Gasteiger partial charge in [-0.1, -0.05) is 48.5 Å². The number of aliphatic hydroxyl groups is 1. The number of benzene rings is 2. The van der Waals surface area contributed by atoms with E-state index >= 15 is 0 Å². The van der Waals surface area contributed by atoms with Gasteiger partial charge in [-0.05, 0) is 44.0 Å². The summed E-state index contributed by atoms with van der Waals surface area (Å²) in [5.74, 6) is -1.90. The molecule has 1 amide bonds. The van der Waals surface area contributed by atoms with Crippen LogP contribution in [0.3, 0.4) is 0 Å². The molecule has 0 saturated carbocycles. The summed E-state index contributed by atoms with van der Waals surface area (Å²) in [7, 11) is 0. The molecule has 2 aromatic carbocycles. The standard InChI is InChI=1S/C21H24N2O4/c24-19(17-9-3-1-4-10-17)23(15-16-8-7-13-22-14-16)21(27,20(25)26)18-11-5-2-6-12-18/h1-6,9-12,16,22,27H,7-8,13-15H2,(H,25,26)/t16-,21-/m0/s1. The highest BCUT2D eigenvalue weighted by Gasteiger charge is 2.47. The molecule has 1 aliphatic rings. The second-order valence-electron chi connectivity index (χ2n) is 6.84. The van der Waals surface area contributed by atoms with Crippen LogP contribution in [0.25, 0.3) is 0 Å². The van der Waals surface area contributed by atoms with Gasteiger partial charge in [-0.3, -0.25) is 9.69 Å². The largest absolute Gasteiger partial charge is 0.477 e. The Balaban J connectivity index is 2.03. The van der Waals surface area contributed by atoms with Crippen LogP contribution in [0.2, 0.25) is 0 Å². The molecule has 6 heteroatoms. The highest BCUT2D eigenvalue weighted by Crippen LogP contribution is 2.30. The van der Waals surface area contributed by atoms with Crippen LogP contribution in [0.1, 0.15) is 28.8 Å². The predicted molar refractivity (Wildman–Crippen MR) is 101 cm³/mol. The number of carboxylic acid groups (broad SMARTS) is 1. The number of carbonyl (C=O) groups is 2. The molecule has 0 spiro atoms. The molecule has 27 heavy (non-hydrogen) atoms. The van der Waals surface area contributed by atoms with Gasteiger partial charge in [-0.2, -0.15) is 0 Å². The van der Waals surface area contributed by atoms with Crippen LogP contribution in [0.5, 0.6) is 0 Å². The van der Waals surface area contributed by atoms with Crippen molar-refractivity contribution in [2.75, 3.05) is 19.6 Å². The fourth-order valence-corrected chi connectivity index (χ4v) is 3.50. The van der Waals surface area contributed by atoms with Gasteiger partial charge in [0, 0.05) is 17.7 Å². The summed E-state index contributed by atoms with van der Waals surface area (Å²) < 4.78 is 0. The Labute approximate surface area is 158 Å². The Kier molecular flexibility index (Phi) is 5.88. The number of hydrogen-bond donors (Lipinski definition) is 3. The van der Waals surface area contributed by atoms with Crippen LogP contribution in [-0.4, -0.2) is 46.6 Å². The van der Waals surface area contributed by atoms with Gasteiger partial charge < -0.3 is 15.5 Å². The van der Waals surface area contributed by atoms with Crippen molar-refractivity contribution in [3.8, 4) is 0 Å². The van der Waals surface area contributed by atoms with Crippen molar-refractivity contribution in [2.45, 2.75) is 18.6 Å². The van der Waals surface area contributed by atoms with E-state index in [-0.39, 0.29) is 18.0 Å². The molecular weight excluding hydrogens is 344 g/mol. The molecule has 2 aromatic rings. The number of carboxylic acids is 1. The zero-order valence-corrected chi connectivity index (χ0v) is 15.0. The fraction of sp³-hybridized carbons (Fsp3) is 0.333. The van der Waals surface area contributed by atoms with E-state index in [1.165, 1.54) is 12.1 Å². The first-order valence-electron chi connectivity index (χ1n) is 9.12. The van der Waals surface area contributed by atoms with Gasteiger partial charge in [0.05, 0.1) is 0 Å². The van der Waals surface area contributed by atoms with Crippen molar-refractivity contribution in [3.05, 3.63) is 71.8 Å². The summed E-state index contributed by atoms with van der Waals surface area (Å²) in [4.78, 5) is 26.5. The quantitative estimate of drug-likeness (QED) is 0.679. The van der Waals surface area contributed by atoms with Crippen LogP contribution in [0.15, 0.2) is 60.7 Å². The SMILES string of the molecule is O=C(c1ccccc1)N(C[C@H]1CCCNC1)[C@@](O)(C(=O)O)c1ccccc1. The molecule has 2 atom stereocenters. The van der Waals surface area contributed by atoms with Crippen LogP contribution < -0.4 is 5.32 Å². The van der Waals surface area contributed by atoms with Gasteiger partial charge in [0.15, 0.2) is 0 Å². The van der Waals surface area contributed by atoms with E-state index in [9.17, 15) is 19.8 Å². The van der Waals surface area contributed by atoms with Crippen molar-refractivity contribution < 1.29 is 19.8 Å². The van der Waals surface area contributed by atoms with Gasteiger partial charge in [0.25, 0.3) is 11.6 Å². The van der Waals surface area contributed by atoms with Crippen LogP contribution >= 0.6 is 0 Å². The van der Waals surface area contributed by atoms with E-state index in [1.807, 2.05) is 0 Å². The number of rotatable bonds is 6. The first-order valence-corrected chi connectivity index (χ1v) is 9.12. The monoisotopic (exact) mass is 368 g/mol. The van der Waals surface area contributed by atoms with E-state index in [0.717, 1.165) is 24.3 Å². The lowest BCUT2D eigenvalue weighted by molar-refractivity contribution is -0.181. The van der Waals surface area contributed by atoms with Gasteiger partial charge in [0.1, 0.15) is 0 Å². The lowest BCUT2D eigenvalue weighted by Gasteiger charge is -2.39. The molecule has 1 fully saturated rings. The molecule has 3 rings (SSSR count). The Morgan fingerprint density at radius 1 is 1.07 bits per heavy atom. The minimum absolute atomic E-state index is 0.0704. The molecule has 1 aliphatic heterocycles. The van der Waals surface area contributed by atoms with E-state index in [2.05, 4.69) is 5.32 Å². The van der Waals surface area contributed by atoms with Crippen LogP contribution in [0.4, 0.5) is 0 Å². The number of nitrogens with one attached hydrogen (secondary N) is 1. The Morgan fingerprint density at radius 2 is 1.70 bits per heavy atom. The fourth-order valence-electron chi connectivity index (χ4n) is 3.50. The number of aliphatic carboxylic acids is 1. The molecule has 6 nitrogen and oxygen atoms in total.